The molecule has 1 aromatic heterocycles. The predicted octanol–water partition coefficient (Wildman–Crippen LogP) is 3.47. The van der Waals surface area contributed by atoms with E-state index in [-0.39, 0.29) is 11.8 Å². The van der Waals surface area contributed by atoms with Gasteiger partial charge < -0.3 is 9.64 Å². The fourth-order valence-electron chi connectivity index (χ4n) is 2.35. The molecule has 1 aromatic carbocycles. The Morgan fingerprint density at radius 1 is 1.45 bits per heavy atom. The quantitative estimate of drug-likeness (QED) is 0.735. The van der Waals surface area contributed by atoms with Crippen molar-refractivity contribution in [2.24, 2.45) is 0 Å². The van der Waals surface area contributed by atoms with Gasteiger partial charge in [-0.15, -0.1) is 6.58 Å². The van der Waals surface area contributed by atoms with E-state index >= 15 is 0 Å². The summed E-state index contributed by atoms with van der Waals surface area (Å²) in [6.07, 6.45) is 2.41. The van der Waals surface area contributed by atoms with Crippen molar-refractivity contribution >= 4 is 17.4 Å². The average molecular weight is 316 g/mol. The Labute approximate surface area is 135 Å². The van der Waals surface area contributed by atoms with Crippen LogP contribution in [0.3, 0.4) is 0 Å². The Kier molecular flexibility index (Phi) is 5.72. The minimum Gasteiger partial charge on any atom is -0.480 e. The summed E-state index contributed by atoms with van der Waals surface area (Å²) in [6.45, 7) is 4.26. The van der Waals surface area contributed by atoms with E-state index in [0.29, 0.717) is 18.8 Å². The Bertz CT molecular complexity index is 625. The number of carbonyl (C=O) groups excluding carboxylic acids is 1. The first kappa shape index (κ1) is 16.2. The molecule has 4 nitrogen and oxygen atoms in total. The molecule has 1 atom stereocenters. The summed E-state index contributed by atoms with van der Waals surface area (Å²) >= 11 is 1.33. The molecule has 0 bridgehead atoms. The highest BCUT2D eigenvalue weighted by Crippen LogP contribution is 2.25. The SMILES string of the molecule is C=CCC(C(=O)N(C)Cc1csnc1OC)c1ccccc1. The predicted molar refractivity (Wildman–Crippen MR) is 89.1 cm³/mol. The maximum Gasteiger partial charge on any atom is 0.230 e. The first-order valence-corrected chi connectivity index (χ1v) is 7.89. The minimum atomic E-state index is -0.207. The van der Waals surface area contributed by atoms with Crippen LogP contribution in [0, 0.1) is 0 Å². The molecule has 0 saturated heterocycles. The molecule has 0 spiro atoms. The van der Waals surface area contributed by atoms with Crippen LogP contribution in [0.1, 0.15) is 23.5 Å². The Morgan fingerprint density at radius 2 is 2.18 bits per heavy atom. The zero-order valence-corrected chi connectivity index (χ0v) is 13.7. The molecule has 0 aliphatic heterocycles. The normalized spacial score (nSPS) is 11.7. The molecule has 0 aliphatic carbocycles. The number of hydrogen-bond acceptors (Lipinski definition) is 4. The molecular weight excluding hydrogens is 296 g/mol. The van der Waals surface area contributed by atoms with E-state index in [1.807, 2.05) is 35.7 Å². The second-order valence-electron chi connectivity index (χ2n) is 5.03. The molecule has 0 N–H and O–H groups in total. The number of nitrogens with zero attached hydrogens (tertiary/aromatic N) is 2. The lowest BCUT2D eigenvalue weighted by Gasteiger charge is -2.23. The third kappa shape index (κ3) is 3.74. The molecule has 2 aromatic rings. The molecule has 1 heterocycles. The van der Waals surface area contributed by atoms with E-state index in [9.17, 15) is 4.79 Å². The van der Waals surface area contributed by atoms with Crippen LogP contribution in [0.5, 0.6) is 5.88 Å². The molecule has 1 amide bonds. The highest BCUT2D eigenvalue weighted by atomic mass is 32.1. The zero-order valence-electron chi connectivity index (χ0n) is 12.9. The summed E-state index contributed by atoms with van der Waals surface area (Å²) in [5.41, 5.74) is 1.93. The maximum atomic E-state index is 12.8. The fourth-order valence-corrected chi connectivity index (χ4v) is 2.99. The van der Waals surface area contributed by atoms with Crippen LogP contribution in [-0.4, -0.2) is 29.3 Å². The van der Waals surface area contributed by atoms with Gasteiger partial charge in [0.15, 0.2) is 0 Å². The Balaban J connectivity index is 2.14. The van der Waals surface area contributed by atoms with Crippen molar-refractivity contribution < 1.29 is 9.53 Å². The highest BCUT2D eigenvalue weighted by Gasteiger charge is 2.23. The second-order valence-corrected chi connectivity index (χ2v) is 5.66. The van der Waals surface area contributed by atoms with E-state index in [0.717, 1.165) is 11.1 Å². The summed E-state index contributed by atoms with van der Waals surface area (Å²) in [4.78, 5) is 14.5. The number of methoxy groups -OCH3 is 1. The monoisotopic (exact) mass is 316 g/mol. The number of ether oxygens (including phenoxy) is 1. The van der Waals surface area contributed by atoms with Gasteiger partial charge in [0.25, 0.3) is 0 Å². The fraction of sp³-hybridized carbons (Fsp3) is 0.294. The molecule has 116 valence electrons. The van der Waals surface area contributed by atoms with Crippen molar-refractivity contribution in [1.82, 2.24) is 9.27 Å². The van der Waals surface area contributed by atoms with E-state index < -0.39 is 0 Å². The van der Waals surface area contributed by atoms with Gasteiger partial charge in [0.05, 0.1) is 19.6 Å². The number of carbonyl (C=O) groups is 1. The number of benzene rings is 1. The number of allylic oxidation sites excluding steroid dienone is 1. The minimum absolute atomic E-state index is 0.0688. The Hall–Kier alpha value is -2.14. The number of rotatable bonds is 7. The van der Waals surface area contributed by atoms with Crippen LogP contribution < -0.4 is 4.74 Å². The van der Waals surface area contributed by atoms with E-state index in [1.54, 1.807) is 25.1 Å². The van der Waals surface area contributed by atoms with Crippen LogP contribution in [0.15, 0.2) is 48.4 Å². The third-order valence-corrected chi connectivity index (χ3v) is 4.15. The van der Waals surface area contributed by atoms with Crippen molar-refractivity contribution in [3.8, 4) is 5.88 Å². The van der Waals surface area contributed by atoms with Gasteiger partial charge in [-0.3, -0.25) is 4.79 Å². The molecular formula is C17H20N2O2S. The molecule has 1 unspecified atom stereocenters. The van der Waals surface area contributed by atoms with E-state index in [1.165, 1.54) is 11.5 Å². The smallest absolute Gasteiger partial charge is 0.230 e. The van der Waals surface area contributed by atoms with Crippen LogP contribution in [0.25, 0.3) is 0 Å². The first-order valence-electron chi connectivity index (χ1n) is 7.05. The van der Waals surface area contributed by atoms with Crippen molar-refractivity contribution in [2.75, 3.05) is 14.2 Å². The molecule has 0 saturated carbocycles. The zero-order chi connectivity index (χ0) is 15.9. The summed E-state index contributed by atoms with van der Waals surface area (Å²) in [7, 11) is 3.39. The number of amides is 1. The maximum absolute atomic E-state index is 12.8. The molecule has 0 aliphatic rings. The van der Waals surface area contributed by atoms with Crippen molar-refractivity contribution in [2.45, 2.75) is 18.9 Å². The second kappa shape index (κ2) is 7.75. The summed E-state index contributed by atoms with van der Waals surface area (Å²) < 4.78 is 9.36. The summed E-state index contributed by atoms with van der Waals surface area (Å²) in [5.74, 6) is 0.449. The van der Waals surface area contributed by atoms with Crippen molar-refractivity contribution in [1.29, 1.82) is 0 Å². The van der Waals surface area contributed by atoms with Crippen molar-refractivity contribution in [3.05, 3.63) is 59.5 Å². The van der Waals surface area contributed by atoms with E-state index in [4.69, 9.17) is 4.74 Å². The van der Waals surface area contributed by atoms with Gasteiger partial charge in [0.1, 0.15) is 0 Å². The van der Waals surface area contributed by atoms with Crippen LogP contribution in [-0.2, 0) is 11.3 Å². The third-order valence-electron chi connectivity index (χ3n) is 3.48. The Morgan fingerprint density at radius 3 is 2.82 bits per heavy atom. The van der Waals surface area contributed by atoms with Gasteiger partial charge in [0, 0.05) is 18.0 Å². The number of likely N-dealkylation sites (N-methyl/N-ethyl adjacent to an activating group) is 1. The summed E-state index contributed by atoms with van der Waals surface area (Å²) in [6, 6.07) is 9.80. The largest absolute Gasteiger partial charge is 0.480 e. The highest BCUT2D eigenvalue weighted by molar-refractivity contribution is 7.03. The van der Waals surface area contributed by atoms with Gasteiger partial charge >= 0.3 is 0 Å². The lowest BCUT2D eigenvalue weighted by atomic mass is 9.94. The molecule has 5 heteroatoms. The van der Waals surface area contributed by atoms with E-state index in [2.05, 4.69) is 11.0 Å². The summed E-state index contributed by atoms with van der Waals surface area (Å²) in [5, 5.41) is 1.91. The first-order chi connectivity index (χ1) is 10.7. The molecule has 0 fully saturated rings. The standard InChI is InChI=1S/C17H20N2O2S/c1-4-8-15(13-9-6-5-7-10-13)17(20)19(2)11-14-12-22-18-16(14)21-3/h4-7,9-10,12,15H,1,8,11H2,2-3H3. The van der Waals surface area contributed by atoms with Gasteiger partial charge in [-0.25, -0.2) is 0 Å². The van der Waals surface area contributed by atoms with Crippen LogP contribution >= 0.6 is 11.5 Å². The van der Waals surface area contributed by atoms with Crippen molar-refractivity contribution in [3.63, 3.8) is 0 Å². The van der Waals surface area contributed by atoms with Gasteiger partial charge in [-0.2, -0.15) is 4.37 Å². The van der Waals surface area contributed by atoms with Crippen LogP contribution in [0.2, 0.25) is 0 Å². The molecule has 22 heavy (non-hydrogen) atoms. The van der Waals surface area contributed by atoms with Gasteiger partial charge in [0.2, 0.25) is 11.8 Å². The molecule has 0 radical (unpaired) electrons. The lowest BCUT2D eigenvalue weighted by Crippen LogP contribution is -2.31. The lowest BCUT2D eigenvalue weighted by molar-refractivity contribution is -0.132. The van der Waals surface area contributed by atoms with Gasteiger partial charge in [-0.05, 0) is 23.5 Å². The van der Waals surface area contributed by atoms with Gasteiger partial charge in [-0.1, -0.05) is 36.4 Å². The number of hydrogen-bond donors (Lipinski definition) is 0. The molecule has 2 rings (SSSR count). The topological polar surface area (TPSA) is 42.4 Å². The average Bonchev–Trinajstić information content (AvgIpc) is 3.00. The van der Waals surface area contributed by atoms with Crippen LogP contribution in [0.4, 0.5) is 0 Å². The number of aromatic nitrogens is 1.